The van der Waals surface area contributed by atoms with E-state index in [0.29, 0.717) is 29.9 Å². The van der Waals surface area contributed by atoms with E-state index in [-0.39, 0.29) is 6.17 Å². The summed E-state index contributed by atoms with van der Waals surface area (Å²) < 4.78 is 0. The number of rotatable bonds is 6. The van der Waals surface area contributed by atoms with Gasteiger partial charge in [-0.25, -0.2) is 4.98 Å². The molecule has 0 fully saturated rings. The van der Waals surface area contributed by atoms with Crippen LogP contribution in [0, 0.1) is 0 Å². The van der Waals surface area contributed by atoms with Gasteiger partial charge in [-0.1, -0.05) is 12.1 Å². The average molecular weight is 349 g/mol. The second kappa shape index (κ2) is 7.09. The fourth-order valence-corrected chi connectivity index (χ4v) is 2.66. The molecule has 0 unspecified atom stereocenters. The summed E-state index contributed by atoms with van der Waals surface area (Å²) >= 11 is 0. The van der Waals surface area contributed by atoms with E-state index in [4.69, 9.17) is 0 Å². The highest BCUT2D eigenvalue weighted by Gasteiger charge is 2.18. The lowest BCUT2D eigenvalue weighted by molar-refractivity contribution is 0.874. The van der Waals surface area contributed by atoms with Gasteiger partial charge >= 0.3 is 0 Å². The van der Waals surface area contributed by atoms with Crippen LogP contribution < -0.4 is 26.6 Å². The fourth-order valence-electron chi connectivity index (χ4n) is 2.66. The van der Waals surface area contributed by atoms with Gasteiger partial charge in [-0.05, 0) is 12.1 Å². The number of para-hydroxylation sites is 2. The highest BCUT2D eigenvalue weighted by molar-refractivity contribution is 5.74. The summed E-state index contributed by atoms with van der Waals surface area (Å²) in [5.74, 6) is 2.46. The number of hydrogen-bond acceptors (Lipinski definition) is 9. The maximum atomic E-state index is 4.44. The summed E-state index contributed by atoms with van der Waals surface area (Å²) in [7, 11) is 1.78. The Bertz CT molecular complexity index is 859. The minimum absolute atomic E-state index is 0.0804. The Morgan fingerprint density at radius 1 is 1.00 bits per heavy atom. The molecule has 9 nitrogen and oxygen atoms in total. The molecule has 4 rings (SSSR count). The second-order valence-corrected chi connectivity index (χ2v) is 5.70. The van der Waals surface area contributed by atoms with E-state index in [1.165, 1.54) is 0 Å². The number of hydrogen-bond donors (Lipinski definition) is 5. The van der Waals surface area contributed by atoms with Gasteiger partial charge in [0.2, 0.25) is 5.95 Å². The van der Waals surface area contributed by atoms with E-state index >= 15 is 0 Å². The van der Waals surface area contributed by atoms with Crippen molar-refractivity contribution in [1.29, 1.82) is 0 Å². The van der Waals surface area contributed by atoms with Crippen molar-refractivity contribution in [3.8, 4) is 0 Å². The van der Waals surface area contributed by atoms with Crippen molar-refractivity contribution >= 4 is 34.8 Å². The van der Waals surface area contributed by atoms with Crippen LogP contribution in [0.25, 0.3) is 0 Å². The zero-order valence-corrected chi connectivity index (χ0v) is 14.2. The van der Waals surface area contributed by atoms with E-state index in [1.807, 2.05) is 18.2 Å². The third-order valence-electron chi connectivity index (χ3n) is 3.84. The maximum absolute atomic E-state index is 4.44. The largest absolute Gasteiger partial charge is 0.366 e. The fraction of sp³-hybridized carbons (Fsp3) is 0.176. The molecule has 0 atom stereocenters. The number of aromatic nitrogens is 4. The summed E-state index contributed by atoms with van der Waals surface area (Å²) in [6.45, 7) is 0.652. The van der Waals surface area contributed by atoms with Gasteiger partial charge < -0.3 is 26.6 Å². The molecule has 1 aliphatic heterocycles. The lowest BCUT2D eigenvalue weighted by atomic mass is 10.3. The Balaban J connectivity index is 1.44. The van der Waals surface area contributed by atoms with Crippen molar-refractivity contribution in [1.82, 2.24) is 19.9 Å². The van der Waals surface area contributed by atoms with Crippen LogP contribution in [0.5, 0.6) is 0 Å². The first-order valence-corrected chi connectivity index (χ1v) is 8.26. The molecule has 0 saturated heterocycles. The zero-order valence-electron chi connectivity index (χ0n) is 14.2. The van der Waals surface area contributed by atoms with E-state index in [9.17, 15) is 0 Å². The van der Waals surface area contributed by atoms with Crippen LogP contribution in [0.2, 0.25) is 0 Å². The van der Waals surface area contributed by atoms with E-state index in [2.05, 4.69) is 58.7 Å². The summed E-state index contributed by atoms with van der Waals surface area (Å²) in [6, 6.07) is 9.95. The van der Waals surface area contributed by atoms with Crippen LogP contribution in [-0.2, 0) is 0 Å². The maximum Gasteiger partial charge on any atom is 0.226 e. The molecular weight excluding hydrogens is 330 g/mol. The topological polar surface area (TPSA) is 112 Å². The summed E-state index contributed by atoms with van der Waals surface area (Å²) in [6.07, 6.45) is 4.96. The minimum Gasteiger partial charge on any atom is -0.366 e. The van der Waals surface area contributed by atoms with Crippen LogP contribution in [0.4, 0.5) is 34.8 Å². The summed E-state index contributed by atoms with van der Waals surface area (Å²) in [5, 5.41) is 16.3. The summed E-state index contributed by atoms with van der Waals surface area (Å²) in [5.41, 5.74) is 2.20. The van der Waals surface area contributed by atoms with Crippen molar-refractivity contribution in [3.63, 3.8) is 0 Å². The molecule has 9 heteroatoms. The Morgan fingerprint density at radius 3 is 2.46 bits per heavy atom. The van der Waals surface area contributed by atoms with Gasteiger partial charge in [0.15, 0.2) is 0 Å². The average Bonchev–Trinajstić information content (AvgIpc) is 3.10. The Kier molecular flexibility index (Phi) is 4.33. The molecular formula is C17H19N9. The van der Waals surface area contributed by atoms with Crippen LogP contribution in [0.3, 0.4) is 0 Å². The smallest absolute Gasteiger partial charge is 0.226 e. The molecule has 3 aromatic rings. The molecule has 0 aliphatic carbocycles. The van der Waals surface area contributed by atoms with Crippen molar-refractivity contribution in [2.45, 2.75) is 6.17 Å². The standard InChI is InChI=1S/C17H19N9/c1-18-17-25-13(8-14(26-17)24-15-9-19-6-7-20-15)21-10-16-22-11-4-2-3-5-12(11)23-16/h2-9,16,22-23H,10H2,1H3,(H3,18,20,21,24,25,26). The molecule has 3 heterocycles. The normalized spacial score (nSPS) is 12.7. The van der Waals surface area contributed by atoms with E-state index in [0.717, 1.165) is 11.4 Å². The molecule has 132 valence electrons. The number of anilines is 6. The van der Waals surface area contributed by atoms with Crippen LogP contribution in [-0.4, -0.2) is 39.7 Å². The molecule has 0 radical (unpaired) electrons. The number of nitrogens with zero attached hydrogens (tertiary/aromatic N) is 4. The molecule has 26 heavy (non-hydrogen) atoms. The first kappa shape index (κ1) is 15.9. The number of nitrogens with one attached hydrogen (secondary N) is 5. The Hall–Kier alpha value is -3.62. The van der Waals surface area contributed by atoms with Gasteiger partial charge in [0.05, 0.1) is 24.1 Å². The van der Waals surface area contributed by atoms with Crippen molar-refractivity contribution in [2.75, 3.05) is 40.2 Å². The van der Waals surface area contributed by atoms with Gasteiger partial charge in [0.25, 0.3) is 0 Å². The SMILES string of the molecule is CNc1nc(NCC2Nc3ccccc3N2)cc(Nc2cnccn2)n1. The quantitative estimate of drug-likeness (QED) is 0.458. The predicted octanol–water partition coefficient (Wildman–Crippen LogP) is 2.33. The second-order valence-electron chi connectivity index (χ2n) is 5.70. The zero-order chi connectivity index (χ0) is 17.8. The number of fused-ring (bicyclic) bond motifs is 1. The number of benzene rings is 1. The van der Waals surface area contributed by atoms with E-state index in [1.54, 1.807) is 25.6 Å². The van der Waals surface area contributed by atoms with Crippen LogP contribution in [0.15, 0.2) is 48.9 Å². The summed E-state index contributed by atoms with van der Waals surface area (Å²) in [4.78, 5) is 17.1. The first-order valence-electron chi connectivity index (χ1n) is 8.26. The van der Waals surface area contributed by atoms with Crippen molar-refractivity contribution in [3.05, 3.63) is 48.9 Å². The van der Waals surface area contributed by atoms with Crippen LogP contribution >= 0.6 is 0 Å². The van der Waals surface area contributed by atoms with Gasteiger partial charge in [0, 0.05) is 25.5 Å². The molecule has 5 N–H and O–H groups in total. The Morgan fingerprint density at radius 2 is 1.77 bits per heavy atom. The third kappa shape index (κ3) is 3.56. The van der Waals surface area contributed by atoms with Gasteiger partial charge in [-0.3, -0.25) is 4.98 Å². The Labute approximate surface area is 150 Å². The monoisotopic (exact) mass is 349 g/mol. The molecule has 0 spiro atoms. The van der Waals surface area contributed by atoms with Crippen molar-refractivity contribution < 1.29 is 0 Å². The molecule has 1 aromatic carbocycles. The molecule has 1 aliphatic rings. The minimum atomic E-state index is 0.0804. The van der Waals surface area contributed by atoms with Gasteiger partial charge in [0.1, 0.15) is 23.6 Å². The first-order chi connectivity index (χ1) is 12.8. The van der Waals surface area contributed by atoms with Gasteiger partial charge in [-0.15, -0.1) is 0 Å². The molecule has 0 bridgehead atoms. The lowest BCUT2D eigenvalue weighted by Crippen LogP contribution is -2.31. The third-order valence-corrected chi connectivity index (χ3v) is 3.84. The van der Waals surface area contributed by atoms with E-state index < -0.39 is 0 Å². The predicted molar refractivity (Wildman–Crippen MR) is 103 cm³/mol. The van der Waals surface area contributed by atoms with Crippen molar-refractivity contribution in [2.24, 2.45) is 0 Å². The van der Waals surface area contributed by atoms with Crippen LogP contribution in [0.1, 0.15) is 0 Å². The lowest BCUT2D eigenvalue weighted by Gasteiger charge is -2.15. The molecule has 2 aromatic heterocycles. The molecule has 0 amide bonds. The highest BCUT2D eigenvalue weighted by Crippen LogP contribution is 2.28. The van der Waals surface area contributed by atoms with Gasteiger partial charge in [-0.2, -0.15) is 9.97 Å². The molecule has 0 saturated carbocycles. The highest BCUT2D eigenvalue weighted by atomic mass is 15.2.